The smallest absolute Gasteiger partial charge is 0.130 e. The molecule has 3 rings (SSSR count). The molecule has 7 heteroatoms. The topological polar surface area (TPSA) is 44.6 Å². The lowest BCUT2D eigenvalue weighted by Gasteiger charge is -2.12. The highest BCUT2D eigenvalue weighted by Crippen LogP contribution is 2.31. The summed E-state index contributed by atoms with van der Waals surface area (Å²) >= 11 is 17.4. The van der Waals surface area contributed by atoms with Crippen LogP contribution in [0.2, 0.25) is 10.0 Å². The van der Waals surface area contributed by atoms with Crippen LogP contribution in [-0.4, -0.2) is 10.9 Å². The van der Waals surface area contributed by atoms with Gasteiger partial charge >= 0.3 is 0 Å². The Hall–Kier alpha value is -1.53. The van der Waals surface area contributed by atoms with Crippen molar-refractivity contribution < 1.29 is 5.21 Å². The zero-order valence-corrected chi connectivity index (χ0v) is 17.0. The zero-order chi connectivity index (χ0) is 18.0. The first-order valence-electron chi connectivity index (χ1n) is 7.28. The highest BCUT2D eigenvalue weighted by Gasteiger charge is 2.16. The van der Waals surface area contributed by atoms with Crippen molar-refractivity contribution in [2.45, 2.75) is 6.92 Å². The van der Waals surface area contributed by atoms with Crippen molar-refractivity contribution in [3.8, 4) is 0 Å². The number of oxime groups is 1. The number of aryl methyl sites for hydroxylation is 1. The summed E-state index contributed by atoms with van der Waals surface area (Å²) in [6, 6.07) is 13.2. The highest BCUT2D eigenvalue weighted by molar-refractivity contribution is 9.10. The predicted octanol–water partition coefficient (Wildman–Crippen LogP) is 7.10. The largest absolute Gasteiger partial charge is 0.410 e. The standard InChI is InChI=1S/C18H13BrCl2N2OS/c1-10-8-11(19)2-5-16(10)22-12-3-4-13(15(21)9-12)17(23-24)18-14(20)6-7-25-18/h2-9,22,24H,1H3/b23-17-. The van der Waals surface area contributed by atoms with E-state index in [2.05, 4.69) is 26.4 Å². The van der Waals surface area contributed by atoms with Crippen LogP contribution in [-0.2, 0) is 0 Å². The Morgan fingerprint density at radius 3 is 2.52 bits per heavy atom. The highest BCUT2D eigenvalue weighted by atomic mass is 79.9. The normalized spacial score (nSPS) is 11.6. The van der Waals surface area contributed by atoms with E-state index in [0.29, 0.717) is 26.2 Å². The molecule has 0 radical (unpaired) electrons. The lowest BCUT2D eigenvalue weighted by Crippen LogP contribution is -2.03. The van der Waals surface area contributed by atoms with E-state index in [-0.39, 0.29) is 0 Å². The molecule has 3 nitrogen and oxygen atoms in total. The van der Waals surface area contributed by atoms with Gasteiger partial charge in [-0.15, -0.1) is 11.3 Å². The van der Waals surface area contributed by atoms with Gasteiger partial charge in [-0.05, 0) is 60.3 Å². The van der Waals surface area contributed by atoms with E-state index in [1.165, 1.54) is 11.3 Å². The quantitative estimate of drug-likeness (QED) is 0.250. The Bertz CT molecular complexity index is 956. The molecule has 2 N–H and O–H groups in total. The van der Waals surface area contributed by atoms with Gasteiger partial charge in [0, 0.05) is 21.4 Å². The van der Waals surface area contributed by atoms with Gasteiger partial charge in [-0.3, -0.25) is 0 Å². The number of hydrogen-bond acceptors (Lipinski definition) is 4. The van der Waals surface area contributed by atoms with Crippen LogP contribution in [0.5, 0.6) is 0 Å². The summed E-state index contributed by atoms with van der Waals surface area (Å²) in [6.07, 6.45) is 0. The van der Waals surface area contributed by atoms with Crippen LogP contribution >= 0.6 is 50.5 Å². The van der Waals surface area contributed by atoms with Crippen molar-refractivity contribution in [2.24, 2.45) is 5.16 Å². The molecule has 2 aromatic carbocycles. The lowest BCUT2D eigenvalue weighted by molar-refractivity contribution is 0.320. The lowest BCUT2D eigenvalue weighted by atomic mass is 10.1. The van der Waals surface area contributed by atoms with Gasteiger partial charge in [-0.1, -0.05) is 44.3 Å². The predicted molar refractivity (Wildman–Crippen MR) is 110 cm³/mol. The van der Waals surface area contributed by atoms with E-state index in [1.807, 2.05) is 42.6 Å². The van der Waals surface area contributed by atoms with Crippen LogP contribution in [0.15, 0.2) is 57.5 Å². The fourth-order valence-corrected chi connectivity index (χ4v) is 4.28. The fourth-order valence-electron chi connectivity index (χ4n) is 2.39. The molecule has 128 valence electrons. The average molecular weight is 456 g/mol. The number of nitrogens with zero attached hydrogens (tertiary/aromatic N) is 1. The maximum atomic E-state index is 9.42. The van der Waals surface area contributed by atoms with E-state index in [1.54, 1.807) is 12.1 Å². The number of nitrogens with one attached hydrogen (secondary N) is 1. The third kappa shape index (κ3) is 4.01. The molecule has 0 aliphatic heterocycles. The third-order valence-corrected chi connectivity index (χ3v) is 5.78. The summed E-state index contributed by atoms with van der Waals surface area (Å²) in [5, 5.41) is 19.0. The van der Waals surface area contributed by atoms with Gasteiger partial charge in [0.05, 0.1) is 14.9 Å². The maximum Gasteiger partial charge on any atom is 0.130 e. The Morgan fingerprint density at radius 2 is 1.92 bits per heavy atom. The number of hydrogen-bond donors (Lipinski definition) is 2. The molecular weight excluding hydrogens is 443 g/mol. The van der Waals surface area contributed by atoms with Gasteiger partial charge in [-0.2, -0.15) is 0 Å². The average Bonchev–Trinajstić information content (AvgIpc) is 2.99. The summed E-state index contributed by atoms with van der Waals surface area (Å²) < 4.78 is 1.03. The molecule has 1 aromatic heterocycles. The summed E-state index contributed by atoms with van der Waals surface area (Å²) in [6.45, 7) is 2.03. The summed E-state index contributed by atoms with van der Waals surface area (Å²) in [5.41, 5.74) is 3.92. The first kappa shape index (κ1) is 18.3. The van der Waals surface area contributed by atoms with Gasteiger partial charge in [0.1, 0.15) is 5.71 Å². The molecule has 1 heterocycles. The van der Waals surface area contributed by atoms with Crippen molar-refractivity contribution in [3.63, 3.8) is 0 Å². The van der Waals surface area contributed by atoms with Crippen LogP contribution in [0.4, 0.5) is 11.4 Å². The third-order valence-electron chi connectivity index (χ3n) is 3.62. The minimum atomic E-state index is 0.358. The van der Waals surface area contributed by atoms with Crippen LogP contribution in [0.1, 0.15) is 16.0 Å². The Balaban J connectivity index is 1.92. The van der Waals surface area contributed by atoms with Crippen molar-refractivity contribution in [1.29, 1.82) is 0 Å². The Morgan fingerprint density at radius 1 is 1.12 bits per heavy atom. The van der Waals surface area contributed by atoms with Crippen molar-refractivity contribution in [3.05, 3.63) is 78.4 Å². The first-order chi connectivity index (χ1) is 12.0. The number of thiophene rings is 1. The Labute approximate surface area is 168 Å². The molecule has 0 fully saturated rings. The van der Waals surface area contributed by atoms with Crippen LogP contribution < -0.4 is 5.32 Å². The molecule has 0 atom stereocenters. The molecule has 25 heavy (non-hydrogen) atoms. The Kier molecular flexibility index (Phi) is 5.69. The summed E-state index contributed by atoms with van der Waals surface area (Å²) in [5.74, 6) is 0. The minimum Gasteiger partial charge on any atom is -0.410 e. The van der Waals surface area contributed by atoms with Crippen molar-refractivity contribution >= 4 is 67.6 Å². The van der Waals surface area contributed by atoms with E-state index >= 15 is 0 Å². The van der Waals surface area contributed by atoms with E-state index in [9.17, 15) is 5.21 Å². The van der Waals surface area contributed by atoms with Crippen LogP contribution in [0.25, 0.3) is 0 Å². The molecule has 0 bridgehead atoms. The molecule has 0 amide bonds. The molecule has 0 saturated carbocycles. The van der Waals surface area contributed by atoms with Gasteiger partial charge in [0.15, 0.2) is 0 Å². The number of benzene rings is 2. The van der Waals surface area contributed by atoms with Gasteiger partial charge in [0.2, 0.25) is 0 Å². The monoisotopic (exact) mass is 454 g/mol. The molecule has 3 aromatic rings. The minimum absolute atomic E-state index is 0.358. The molecule has 0 aliphatic rings. The fraction of sp³-hybridized carbons (Fsp3) is 0.0556. The summed E-state index contributed by atoms with van der Waals surface area (Å²) in [4.78, 5) is 0.676. The molecule has 0 spiro atoms. The molecule has 0 saturated heterocycles. The van der Waals surface area contributed by atoms with Crippen molar-refractivity contribution in [2.75, 3.05) is 5.32 Å². The zero-order valence-electron chi connectivity index (χ0n) is 13.1. The van der Waals surface area contributed by atoms with Crippen molar-refractivity contribution in [1.82, 2.24) is 0 Å². The number of halogens is 3. The maximum absolute atomic E-state index is 9.42. The van der Waals surface area contributed by atoms with Crippen LogP contribution in [0, 0.1) is 6.92 Å². The van der Waals surface area contributed by atoms with E-state index in [4.69, 9.17) is 23.2 Å². The second-order valence-electron chi connectivity index (χ2n) is 5.33. The van der Waals surface area contributed by atoms with Gasteiger partial charge in [-0.25, -0.2) is 0 Å². The first-order valence-corrected chi connectivity index (χ1v) is 9.71. The van der Waals surface area contributed by atoms with Gasteiger partial charge < -0.3 is 10.5 Å². The van der Waals surface area contributed by atoms with Gasteiger partial charge in [0.25, 0.3) is 0 Å². The summed E-state index contributed by atoms with van der Waals surface area (Å²) in [7, 11) is 0. The van der Waals surface area contributed by atoms with E-state index in [0.717, 1.165) is 21.4 Å². The van der Waals surface area contributed by atoms with E-state index < -0.39 is 0 Å². The molecule has 0 unspecified atom stereocenters. The number of rotatable bonds is 4. The molecule has 0 aliphatic carbocycles. The number of anilines is 2. The second-order valence-corrected chi connectivity index (χ2v) is 7.97. The SMILES string of the molecule is Cc1cc(Br)ccc1Nc1ccc(/C(=N/O)c2sccc2Cl)c(Cl)c1. The van der Waals surface area contributed by atoms with Crippen LogP contribution in [0.3, 0.4) is 0 Å². The second kappa shape index (κ2) is 7.79. The molecular formula is C18H13BrCl2N2OS.